The van der Waals surface area contributed by atoms with Crippen LogP contribution in [0.2, 0.25) is 0 Å². The Balaban J connectivity index is 0.000000202. The molecular formula is C9H12OS2. The third-order valence-corrected chi connectivity index (χ3v) is 1.18. The second-order valence-electron chi connectivity index (χ2n) is 1.85. The molecule has 0 N–H and O–H groups in total. The Kier molecular flexibility index (Phi) is 8.17. The summed E-state index contributed by atoms with van der Waals surface area (Å²) in [5.41, 5.74) is 0. The third-order valence-electron chi connectivity index (χ3n) is 0.934. The lowest BCUT2D eigenvalue weighted by Gasteiger charge is -1.92. The van der Waals surface area contributed by atoms with Crippen LogP contribution in [-0.4, -0.2) is 11.0 Å². The molecule has 0 aliphatic rings. The molecule has 12 heavy (non-hydrogen) atoms. The normalized spacial score (nSPS) is 7.83. The molecule has 0 fully saturated rings. The lowest BCUT2D eigenvalue weighted by Crippen LogP contribution is -1.89. The molecule has 0 bridgehead atoms. The van der Waals surface area contributed by atoms with E-state index in [1.807, 2.05) is 43.3 Å². The molecule has 0 aliphatic heterocycles. The van der Waals surface area contributed by atoms with Gasteiger partial charge in [-0.25, -0.2) is 0 Å². The quantitative estimate of drug-likeness (QED) is 0.551. The molecule has 0 aromatic heterocycles. The molecular weight excluding hydrogens is 188 g/mol. The molecule has 1 aromatic rings. The van der Waals surface area contributed by atoms with E-state index in [4.69, 9.17) is 0 Å². The van der Waals surface area contributed by atoms with Crippen LogP contribution in [0.3, 0.4) is 0 Å². The van der Waals surface area contributed by atoms with E-state index in [2.05, 4.69) is 29.6 Å². The standard InChI is InChI=1S/C6H6.C3H6OS2/c1-2-4-6-5-3-1;1-2-4-3(5)6/h1-6H;2H2,1H3,(H,5,6). The SMILES string of the molecule is CCOC(=S)S.c1ccccc1. The van der Waals surface area contributed by atoms with Crippen molar-refractivity contribution in [2.45, 2.75) is 6.92 Å². The summed E-state index contributed by atoms with van der Waals surface area (Å²) in [4.78, 5) is 0. The molecule has 0 saturated carbocycles. The lowest BCUT2D eigenvalue weighted by atomic mass is 10.4. The predicted molar refractivity (Wildman–Crippen MR) is 59.7 cm³/mol. The molecule has 1 rings (SSSR count). The van der Waals surface area contributed by atoms with Crippen LogP contribution < -0.4 is 0 Å². The first-order valence-electron chi connectivity index (χ1n) is 3.63. The molecule has 0 unspecified atom stereocenters. The molecule has 1 nitrogen and oxygen atoms in total. The van der Waals surface area contributed by atoms with E-state index >= 15 is 0 Å². The van der Waals surface area contributed by atoms with Gasteiger partial charge in [-0.15, -0.1) is 0 Å². The molecule has 3 heteroatoms. The fourth-order valence-electron chi connectivity index (χ4n) is 0.508. The molecule has 0 spiro atoms. The zero-order valence-corrected chi connectivity index (χ0v) is 8.65. The van der Waals surface area contributed by atoms with Gasteiger partial charge in [-0.05, 0) is 19.1 Å². The van der Waals surface area contributed by atoms with E-state index in [1.165, 1.54) is 0 Å². The van der Waals surface area contributed by atoms with Gasteiger partial charge < -0.3 is 4.74 Å². The molecule has 1 aromatic carbocycles. The molecule has 66 valence electrons. The highest BCUT2D eigenvalue weighted by atomic mass is 32.1. The molecule has 0 heterocycles. The van der Waals surface area contributed by atoms with Crippen LogP contribution in [0.1, 0.15) is 6.92 Å². The van der Waals surface area contributed by atoms with Gasteiger partial charge in [0.15, 0.2) is 0 Å². The summed E-state index contributed by atoms with van der Waals surface area (Å²) in [5, 5.41) is 0. The molecule has 0 saturated heterocycles. The van der Waals surface area contributed by atoms with Gasteiger partial charge in [0.1, 0.15) is 0 Å². The minimum atomic E-state index is 0.317. The van der Waals surface area contributed by atoms with Crippen LogP contribution in [0.25, 0.3) is 0 Å². The first kappa shape index (κ1) is 11.5. The maximum absolute atomic E-state index is 4.64. The summed E-state index contributed by atoms with van der Waals surface area (Å²) < 4.78 is 4.95. The van der Waals surface area contributed by atoms with Gasteiger partial charge in [0.25, 0.3) is 0 Å². The Morgan fingerprint density at radius 3 is 1.58 bits per heavy atom. The smallest absolute Gasteiger partial charge is 0.216 e. The summed E-state index contributed by atoms with van der Waals surface area (Å²) in [6.45, 7) is 2.48. The van der Waals surface area contributed by atoms with Crippen LogP contribution in [0.4, 0.5) is 0 Å². The average Bonchev–Trinajstić information content (AvgIpc) is 2.08. The summed E-state index contributed by atoms with van der Waals surface area (Å²) in [7, 11) is 0. The van der Waals surface area contributed by atoms with Crippen LogP contribution in [0.5, 0.6) is 0 Å². The Morgan fingerprint density at radius 1 is 1.17 bits per heavy atom. The van der Waals surface area contributed by atoms with Crippen molar-refractivity contribution >= 4 is 29.2 Å². The van der Waals surface area contributed by atoms with Crippen LogP contribution in [0, 0.1) is 0 Å². The van der Waals surface area contributed by atoms with Crippen LogP contribution in [0.15, 0.2) is 36.4 Å². The number of ether oxygens (including phenoxy) is 1. The van der Waals surface area contributed by atoms with Gasteiger partial charge >= 0.3 is 0 Å². The minimum Gasteiger partial charge on any atom is -0.479 e. The van der Waals surface area contributed by atoms with E-state index in [1.54, 1.807) is 0 Å². The van der Waals surface area contributed by atoms with E-state index in [9.17, 15) is 0 Å². The summed E-state index contributed by atoms with van der Waals surface area (Å²) in [6, 6.07) is 12.0. The van der Waals surface area contributed by atoms with Crippen molar-refractivity contribution in [3.63, 3.8) is 0 Å². The van der Waals surface area contributed by atoms with Crippen molar-refractivity contribution in [1.82, 2.24) is 0 Å². The van der Waals surface area contributed by atoms with Crippen molar-refractivity contribution in [3.8, 4) is 0 Å². The molecule has 0 atom stereocenters. The highest BCUT2D eigenvalue weighted by molar-refractivity contribution is 8.10. The van der Waals surface area contributed by atoms with Crippen molar-refractivity contribution in [1.29, 1.82) is 0 Å². The topological polar surface area (TPSA) is 9.23 Å². The number of rotatable bonds is 1. The van der Waals surface area contributed by atoms with Gasteiger partial charge in [-0.1, -0.05) is 49.0 Å². The summed E-state index contributed by atoms with van der Waals surface area (Å²) in [6.07, 6.45) is 0. The second-order valence-corrected chi connectivity index (χ2v) is 2.93. The largest absolute Gasteiger partial charge is 0.479 e. The maximum Gasteiger partial charge on any atom is 0.216 e. The van der Waals surface area contributed by atoms with Gasteiger partial charge in [-0.3, -0.25) is 0 Å². The Morgan fingerprint density at radius 2 is 1.50 bits per heavy atom. The van der Waals surface area contributed by atoms with Crippen molar-refractivity contribution in [2.24, 2.45) is 0 Å². The van der Waals surface area contributed by atoms with E-state index in [-0.39, 0.29) is 0 Å². The maximum atomic E-state index is 4.64. The Bertz CT molecular complexity index is 172. The zero-order valence-electron chi connectivity index (χ0n) is 6.93. The monoisotopic (exact) mass is 200 g/mol. The lowest BCUT2D eigenvalue weighted by molar-refractivity contribution is 0.346. The van der Waals surface area contributed by atoms with Crippen molar-refractivity contribution < 1.29 is 4.74 Å². The van der Waals surface area contributed by atoms with Crippen LogP contribution in [-0.2, 0) is 4.74 Å². The van der Waals surface area contributed by atoms with Crippen molar-refractivity contribution in [2.75, 3.05) is 6.61 Å². The minimum absolute atomic E-state index is 0.317. The second kappa shape index (κ2) is 8.56. The molecule has 0 amide bonds. The van der Waals surface area contributed by atoms with E-state index in [0.717, 1.165) is 0 Å². The number of thiol groups is 1. The van der Waals surface area contributed by atoms with Gasteiger partial charge in [0, 0.05) is 0 Å². The van der Waals surface area contributed by atoms with Crippen molar-refractivity contribution in [3.05, 3.63) is 36.4 Å². The van der Waals surface area contributed by atoms with E-state index < -0.39 is 0 Å². The number of hydrogen-bond acceptors (Lipinski definition) is 2. The number of thiocarbonyl (C=S) groups is 1. The van der Waals surface area contributed by atoms with Crippen LogP contribution >= 0.6 is 24.8 Å². The number of benzene rings is 1. The first-order chi connectivity index (χ1) is 5.77. The fraction of sp³-hybridized carbons (Fsp3) is 0.222. The molecule has 0 aliphatic carbocycles. The Labute approximate surface area is 84.2 Å². The highest BCUT2D eigenvalue weighted by Crippen LogP contribution is 1.83. The highest BCUT2D eigenvalue weighted by Gasteiger charge is 1.77. The summed E-state index contributed by atoms with van der Waals surface area (Å²) >= 11 is 8.12. The van der Waals surface area contributed by atoms with Gasteiger partial charge in [0.05, 0.1) is 6.61 Å². The first-order valence-corrected chi connectivity index (χ1v) is 4.48. The Hall–Kier alpha value is -0.540. The molecule has 0 radical (unpaired) electrons. The zero-order chi connectivity index (χ0) is 9.23. The number of hydrogen-bond donors (Lipinski definition) is 1. The predicted octanol–water partition coefficient (Wildman–Crippen LogP) is 2.92. The average molecular weight is 200 g/mol. The summed E-state index contributed by atoms with van der Waals surface area (Å²) in [5.74, 6) is 0. The van der Waals surface area contributed by atoms with E-state index in [0.29, 0.717) is 11.0 Å². The van der Waals surface area contributed by atoms with Gasteiger partial charge in [0.2, 0.25) is 4.38 Å². The third kappa shape index (κ3) is 9.46. The fourth-order valence-corrected chi connectivity index (χ4v) is 0.755. The van der Waals surface area contributed by atoms with Gasteiger partial charge in [-0.2, -0.15) is 0 Å².